The molecule has 0 fully saturated rings. The lowest BCUT2D eigenvalue weighted by Gasteiger charge is -2.09. The number of anilines is 1. The molecule has 0 aliphatic heterocycles. The van der Waals surface area contributed by atoms with Crippen LogP contribution < -0.4 is 10.9 Å². The number of rotatable bonds is 5. The van der Waals surface area contributed by atoms with Crippen molar-refractivity contribution in [2.45, 2.75) is 18.4 Å². The van der Waals surface area contributed by atoms with E-state index in [2.05, 4.69) is 10.4 Å². The molecule has 3 aromatic rings. The van der Waals surface area contributed by atoms with Gasteiger partial charge in [0.2, 0.25) is 0 Å². The van der Waals surface area contributed by atoms with Crippen molar-refractivity contribution in [2.75, 3.05) is 11.6 Å². The van der Waals surface area contributed by atoms with Crippen LogP contribution in [0.2, 0.25) is 0 Å². The fourth-order valence-corrected chi connectivity index (χ4v) is 2.91. The van der Waals surface area contributed by atoms with Crippen LogP contribution in [0.25, 0.3) is 0 Å². The molecule has 6 heteroatoms. The summed E-state index contributed by atoms with van der Waals surface area (Å²) in [5.41, 5.74) is 2.75. The first kappa shape index (κ1) is 17.9. The molecule has 0 unspecified atom stereocenters. The first-order valence-electron chi connectivity index (χ1n) is 8.14. The number of nitrogens with one attached hydrogen (secondary N) is 1. The normalized spacial score (nSPS) is 10.5. The van der Waals surface area contributed by atoms with E-state index < -0.39 is 0 Å². The number of nitrogens with zero attached hydrogens (tertiary/aromatic N) is 2. The summed E-state index contributed by atoms with van der Waals surface area (Å²) in [4.78, 5) is 25.6. The fraction of sp³-hybridized carbons (Fsp3) is 0.150. The summed E-state index contributed by atoms with van der Waals surface area (Å²) in [6.07, 6.45) is 1.98. The third kappa shape index (κ3) is 4.40. The SMILES string of the molecule is CSc1cccc(NC(=O)c2ccc(=O)n(Cc3ccc(C)cc3)n2)c1. The van der Waals surface area contributed by atoms with Crippen LogP contribution in [0, 0.1) is 6.92 Å². The first-order chi connectivity index (χ1) is 12.5. The predicted molar refractivity (Wildman–Crippen MR) is 105 cm³/mol. The van der Waals surface area contributed by atoms with Gasteiger partial charge in [-0.25, -0.2) is 4.68 Å². The Morgan fingerprint density at radius 3 is 2.62 bits per heavy atom. The summed E-state index contributed by atoms with van der Waals surface area (Å²) in [6, 6.07) is 18.2. The van der Waals surface area contributed by atoms with E-state index >= 15 is 0 Å². The van der Waals surface area contributed by atoms with E-state index in [1.165, 1.54) is 16.8 Å². The zero-order chi connectivity index (χ0) is 18.5. The number of amides is 1. The molecule has 0 aliphatic carbocycles. The summed E-state index contributed by atoms with van der Waals surface area (Å²) < 4.78 is 1.30. The molecular weight excluding hydrogens is 346 g/mol. The molecule has 0 atom stereocenters. The number of carbonyl (C=O) groups excluding carboxylic acids is 1. The minimum atomic E-state index is -0.346. The van der Waals surface area contributed by atoms with Gasteiger partial charge in [-0.2, -0.15) is 5.10 Å². The maximum atomic E-state index is 12.5. The van der Waals surface area contributed by atoms with Gasteiger partial charge in [-0.05, 0) is 43.0 Å². The zero-order valence-corrected chi connectivity index (χ0v) is 15.4. The Morgan fingerprint density at radius 1 is 1.12 bits per heavy atom. The van der Waals surface area contributed by atoms with Crippen LogP contribution >= 0.6 is 11.8 Å². The maximum absolute atomic E-state index is 12.5. The van der Waals surface area contributed by atoms with Gasteiger partial charge in [-0.3, -0.25) is 9.59 Å². The number of hydrogen-bond donors (Lipinski definition) is 1. The molecule has 0 aliphatic rings. The summed E-state index contributed by atoms with van der Waals surface area (Å²) in [5.74, 6) is -0.346. The minimum absolute atomic E-state index is 0.200. The molecule has 2 aromatic carbocycles. The summed E-state index contributed by atoms with van der Waals surface area (Å²) in [6.45, 7) is 2.33. The van der Waals surface area contributed by atoms with E-state index in [0.29, 0.717) is 12.2 Å². The van der Waals surface area contributed by atoms with Crippen LogP contribution in [0.4, 0.5) is 5.69 Å². The van der Waals surface area contributed by atoms with Crippen molar-refractivity contribution in [3.8, 4) is 0 Å². The maximum Gasteiger partial charge on any atom is 0.276 e. The molecule has 0 spiro atoms. The van der Waals surface area contributed by atoms with Crippen molar-refractivity contribution in [1.29, 1.82) is 0 Å². The van der Waals surface area contributed by atoms with E-state index in [4.69, 9.17) is 0 Å². The van der Waals surface area contributed by atoms with Gasteiger partial charge in [0.1, 0.15) is 5.69 Å². The smallest absolute Gasteiger partial charge is 0.276 e. The number of aromatic nitrogens is 2. The third-order valence-corrected chi connectivity index (χ3v) is 4.61. The summed E-state index contributed by atoms with van der Waals surface area (Å²) >= 11 is 1.60. The second kappa shape index (κ2) is 8.01. The number of carbonyl (C=O) groups is 1. The van der Waals surface area contributed by atoms with Crippen molar-refractivity contribution >= 4 is 23.4 Å². The van der Waals surface area contributed by atoms with Crippen LogP contribution in [-0.2, 0) is 6.54 Å². The largest absolute Gasteiger partial charge is 0.321 e. The Morgan fingerprint density at radius 2 is 1.88 bits per heavy atom. The van der Waals surface area contributed by atoms with Crippen molar-refractivity contribution in [3.05, 3.63) is 87.8 Å². The molecule has 0 saturated carbocycles. The quantitative estimate of drug-likeness (QED) is 0.702. The molecule has 1 aromatic heterocycles. The second-order valence-electron chi connectivity index (χ2n) is 5.89. The van der Waals surface area contributed by atoms with Crippen molar-refractivity contribution in [2.24, 2.45) is 0 Å². The van der Waals surface area contributed by atoms with Crippen LogP contribution in [-0.4, -0.2) is 21.9 Å². The minimum Gasteiger partial charge on any atom is -0.321 e. The predicted octanol–water partition coefficient (Wildman–Crippen LogP) is 3.57. The lowest BCUT2D eigenvalue weighted by atomic mass is 10.1. The average molecular weight is 365 g/mol. The molecular formula is C20H19N3O2S. The molecule has 1 N–H and O–H groups in total. The highest BCUT2D eigenvalue weighted by Crippen LogP contribution is 2.19. The number of hydrogen-bond acceptors (Lipinski definition) is 4. The molecule has 3 rings (SSSR count). The van der Waals surface area contributed by atoms with Gasteiger partial charge >= 0.3 is 0 Å². The molecule has 0 radical (unpaired) electrons. The Labute approximate surface area is 156 Å². The average Bonchev–Trinajstić information content (AvgIpc) is 2.65. The molecule has 5 nitrogen and oxygen atoms in total. The lowest BCUT2D eigenvalue weighted by Crippen LogP contribution is -2.26. The molecule has 0 saturated heterocycles. The molecule has 1 heterocycles. The van der Waals surface area contributed by atoms with Crippen molar-refractivity contribution < 1.29 is 4.79 Å². The number of thioether (sulfide) groups is 1. The van der Waals surface area contributed by atoms with Gasteiger partial charge in [0.15, 0.2) is 0 Å². The zero-order valence-electron chi connectivity index (χ0n) is 14.6. The molecule has 26 heavy (non-hydrogen) atoms. The summed E-state index contributed by atoms with van der Waals surface area (Å²) in [5, 5.41) is 7.04. The number of benzene rings is 2. The molecule has 1 amide bonds. The highest BCUT2D eigenvalue weighted by molar-refractivity contribution is 7.98. The van der Waals surface area contributed by atoms with E-state index in [9.17, 15) is 9.59 Å². The Kier molecular flexibility index (Phi) is 5.53. The van der Waals surface area contributed by atoms with Gasteiger partial charge in [0, 0.05) is 16.6 Å². The van der Waals surface area contributed by atoms with Crippen LogP contribution in [0.1, 0.15) is 21.6 Å². The molecule has 0 bridgehead atoms. The van der Waals surface area contributed by atoms with E-state index in [0.717, 1.165) is 16.0 Å². The third-order valence-electron chi connectivity index (χ3n) is 3.88. The lowest BCUT2D eigenvalue weighted by molar-refractivity contribution is 0.102. The Bertz CT molecular complexity index is 981. The Balaban J connectivity index is 1.80. The van der Waals surface area contributed by atoms with Gasteiger partial charge < -0.3 is 5.32 Å². The standard InChI is InChI=1S/C20H19N3O2S/c1-14-6-8-15(9-7-14)13-23-19(24)11-10-18(22-23)20(25)21-16-4-3-5-17(12-16)26-2/h3-12H,13H2,1-2H3,(H,21,25). The van der Waals surface area contributed by atoms with Crippen molar-refractivity contribution in [3.63, 3.8) is 0 Å². The van der Waals surface area contributed by atoms with Crippen LogP contribution in [0.3, 0.4) is 0 Å². The van der Waals surface area contributed by atoms with Gasteiger partial charge in [0.25, 0.3) is 11.5 Å². The monoisotopic (exact) mass is 365 g/mol. The number of aryl methyl sites for hydroxylation is 1. The van der Waals surface area contributed by atoms with Gasteiger partial charge in [-0.1, -0.05) is 35.9 Å². The highest BCUT2D eigenvalue weighted by atomic mass is 32.2. The van der Waals surface area contributed by atoms with E-state index in [1.807, 2.05) is 61.7 Å². The van der Waals surface area contributed by atoms with Gasteiger partial charge in [-0.15, -0.1) is 11.8 Å². The topological polar surface area (TPSA) is 64.0 Å². The van der Waals surface area contributed by atoms with Crippen LogP contribution in [0.5, 0.6) is 0 Å². The van der Waals surface area contributed by atoms with E-state index in [1.54, 1.807) is 11.8 Å². The first-order valence-corrected chi connectivity index (χ1v) is 9.37. The summed E-state index contributed by atoms with van der Waals surface area (Å²) in [7, 11) is 0. The fourth-order valence-electron chi connectivity index (χ4n) is 2.45. The van der Waals surface area contributed by atoms with Crippen molar-refractivity contribution in [1.82, 2.24) is 9.78 Å². The highest BCUT2D eigenvalue weighted by Gasteiger charge is 2.11. The molecule has 132 valence electrons. The van der Waals surface area contributed by atoms with E-state index in [-0.39, 0.29) is 17.2 Å². The van der Waals surface area contributed by atoms with Crippen LogP contribution in [0.15, 0.2) is 70.4 Å². The second-order valence-corrected chi connectivity index (χ2v) is 6.77. The van der Waals surface area contributed by atoms with Gasteiger partial charge in [0.05, 0.1) is 6.54 Å². The Hall–Kier alpha value is -2.86.